The van der Waals surface area contributed by atoms with E-state index in [0.717, 1.165) is 58.1 Å². The summed E-state index contributed by atoms with van der Waals surface area (Å²) in [7, 11) is 1.80. The molecule has 0 aromatic heterocycles. The van der Waals surface area contributed by atoms with Crippen molar-refractivity contribution in [3.8, 4) is 0 Å². The van der Waals surface area contributed by atoms with Gasteiger partial charge in [-0.2, -0.15) is 0 Å². The van der Waals surface area contributed by atoms with Crippen LogP contribution < -0.4 is 10.6 Å². The summed E-state index contributed by atoms with van der Waals surface area (Å²) in [5.74, 6) is 1.17. The summed E-state index contributed by atoms with van der Waals surface area (Å²) in [5, 5.41) is 6.84. The Bertz CT molecular complexity index is 393. The molecule has 1 rings (SSSR count). The molecule has 140 valence electrons. The second-order valence-corrected chi connectivity index (χ2v) is 6.80. The zero-order valence-electron chi connectivity index (χ0n) is 16.3. The third-order valence-corrected chi connectivity index (χ3v) is 4.65. The molecule has 1 amide bonds. The van der Waals surface area contributed by atoms with Crippen molar-refractivity contribution in [1.29, 1.82) is 0 Å². The van der Waals surface area contributed by atoms with Crippen LogP contribution in [0.5, 0.6) is 0 Å². The number of amides is 1. The lowest BCUT2D eigenvalue weighted by Gasteiger charge is -2.20. The summed E-state index contributed by atoms with van der Waals surface area (Å²) in [6.07, 6.45) is 3.33. The number of nitrogens with one attached hydrogen (secondary N) is 2. The SMILES string of the molecule is CCN(CC)CCCCNC(=NC)NC1CCN(C(=O)C(C)C)C1. The molecule has 0 spiro atoms. The van der Waals surface area contributed by atoms with Gasteiger partial charge in [0, 0.05) is 38.6 Å². The average molecular weight is 340 g/mol. The molecule has 0 aliphatic carbocycles. The topological polar surface area (TPSA) is 60.0 Å². The Morgan fingerprint density at radius 2 is 2.00 bits per heavy atom. The van der Waals surface area contributed by atoms with Crippen molar-refractivity contribution in [3.05, 3.63) is 0 Å². The van der Waals surface area contributed by atoms with Crippen LogP contribution in [0.15, 0.2) is 4.99 Å². The first-order chi connectivity index (χ1) is 11.5. The Kier molecular flexibility index (Phi) is 9.76. The molecule has 1 heterocycles. The molecule has 1 fully saturated rings. The first kappa shape index (κ1) is 20.7. The molecule has 0 aromatic rings. The highest BCUT2D eigenvalue weighted by atomic mass is 16.2. The molecule has 1 aliphatic heterocycles. The van der Waals surface area contributed by atoms with E-state index in [2.05, 4.69) is 34.4 Å². The van der Waals surface area contributed by atoms with Crippen LogP contribution in [0.1, 0.15) is 47.0 Å². The van der Waals surface area contributed by atoms with Crippen molar-refractivity contribution in [2.45, 2.75) is 53.0 Å². The smallest absolute Gasteiger partial charge is 0.225 e. The lowest BCUT2D eigenvalue weighted by Crippen LogP contribution is -2.45. The van der Waals surface area contributed by atoms with Gasteiger partial charge in [0.25, 0.3) is 0 Å². The molecule has 6 heteroatoms. The van der Waals surface area contributed by atoms with Crippen LogP contribution in [-0.4, -0.2) is 74.0 Å². The largest absolute Gasteiger partial charge is 0.356 e. The minimum absolute atomic E-state index is 0.0759. The molecule has 1 saturated heterocycles. The second kappa shape index (κ2) is 11.3. The Hall–Kier alpha value is -1.30. The fourth-order valence-electron chi connectivity index (χ4n) is 3.04. The van der Waals surface area contributed by atoms with Crippen LogP contribution >= 0.6 is 0 Å². The number of carbonyl (C=O) groups excluding carboxylic acids is 1. The van der Waals surface area contributed by atoms with E-state index < -0.39 is 0 Å². The standard InChI is InChI=1S/C18H37N5O/c1-6-22(7-2)12-9-8-11-20-18(19-5)21-16-10-13-23(14-16)17(24)15(3)4/h15-16H,6-14H2,1-5H3,(H2,19,20,21). The summed E-state index contributed by atoms with van der Waals surface area (Å²) >= 11 is 0. The molecule has 0 radical (unpaired) electrons. The highest BCUT2D eigenvalue weighted by Gasteiger charge is 2.27. The van der Waals surface area contributed by atoms with Gasteiger partial charge in [0.2, 0.25) is 5.91 Å². The second-order valence-electron chi connectivity index (χ2n) is 6.80. The van der Waals surface area contributed by atoms with Crippen LogP contribution in [0.3, 0.4) is 0 Å². The Morgan fingerprint density at radius 3 is 2.58 bits per heavy atom. The van der Waals surface area contributed by atoms with Gasteiger partial charge in [-0.25, -0.2) is 0 Å². The first-order valence-electron chi connectivity index (χ1n) is 9.50. The van der Waals surface area contributed by atoms with Crippen LogP contribution in [-0.2, 0) is 4.79 Å². The normalized spacial score (nSPS) is 18.5. The van der Waals surface area contributed by atoms with Crippen LogP contribution in [0, 0.1) is 5.92 Å². The van der Waals surface area contributed by atoms with Crippen LogP contribution in [0.2, 0.25) is 0 Å². The third-order valence-electron chi connectivity index (χ3n) is 4.65. The minimum Gasteiger partial charge on any atom is -0.356 e. The zero-order chi connectivity index (χ0) is 17.9. The Morgan fingerprint density at radius 1 is 1.29 bits per heavy atom. The van der Waals surface area contributed by atoms with Gasteiger partial charge in [0.05, 0.1) is 0 Å². The van der Waals surface area contributed by atoms with Gasteiger partial charge >= 0.3 is 0 Å². The molecule has 0 aromatic carbocycles. The van der Waals surface area contributed by atoms with Crippen LogP contribution in [0.4, 0.5) is 0 Å². The molecule has 6 nitrogen and oxygen atoms in total. The maximum atomic E-state index is 12.0. The van der Waals surface area contributed by atoms with E-state index in [0.29, 0.717) is 6.04 Å². The quantitative estimate of drug-likeness (QED) is 0.380. The van der Waals surface area contributed by atoms with E-state index >= 15 is 0 Å². The summed E-state index contributed by atoms with van der Waals surface area (Å²) < 4.78 is 0. The predicted octanol–water partition coefficient (Wildman–Crippen LogP) is 1.53. The monoisotopic (exact) mass is 339 g/mol. The number of carbonyl (C=O) groups is 1. The van der Waals surface area contributed by atoms with E-state index in [4.69, 9.17) is 0 Å². The van der Waals surface area contributed by atoms with Gasteiger partial charge in [0.1, 0.15) is 0 Å². The van der Waals surface area contributed by atoms with Crippen molar-refractivity contribution in [3.63, 3.8) is 0 Å². The summed E-state index contributed by atoms with van der Waals surface area (Å²) in [6.45, 7) is 14.3. The van der Waals surface area contributed by atoms with Crippen molar-refractivity contribution >= 4 is 11.9 Å². The van der Waals surface area contributed by atoms with E-state index in [1.807, 2.05) is 18.7 Å². The molecule has 24 heavy (non-hydrogen) atoms. The molecule has 1 aliphatic rings. The summed E-state index contributed by atoms with van der Waals surface area (Å²) in [5.41, 5.74) is 0. The predicted molar refractivity (Wildman–Crippen MR) is 101 cm³/mol. The van der Waals surface area contributed by atoms with Crippen molar-refractivity contribution in [2.75, 3.05) is 46.3 Å². The van der Waals surface area contributed by atoms with E-state index in [1.165, 1.54) is 6.42 Å². The number of nitrogens with zero attached hydrogens (tertiary/aromatic N) is 3. The molecular formula is C18H37N5O. The van der Waals surface area contributed by atoms with Crippen molar-refractivity contribution in [2.24, 2.45) is 10.9 Å². The third kappa shape index (κ3) is 7.07. The maximum Gasteiger partial charge on any atom is 0.225 e. The minimum atomic E-state index is 0.0759. The number of likely N-dealkylation sites (tertiary alicyclic amines) is 1. The van der Waals surface area contributed by atoms with E-state index in [-0.39, 0.29) is 11.8 Å². The van der Waals surface area contributed by atoms with E-state index in [9.17, 15) is 4.79 Å². The fraction of sp³-hybridized carbons (Fsp3) is 0.889. The zero-order valence-corrected chi connectivity index (χ0v) is 16.3. The molecule has 0 bridgehead atoms. The Labute approximate surface area is 148 Å². The number of hydrogen-bond donors (Lipinski definition) is 2. The Balaban J connectivity index is 2.23. The number of hydrogen-bond acceptors (Lipinski definition) is 3. The highest BCUT2D eigenvalue weighted by Crippen LogP contribution is 2.12. The van der Waals surface area contributed by atoms with Gasteiger partial charge in [-0.3, -0.25) is 9.79 Å². The number of guanidine groups is 1. The number of rotatable bonds is 9. The van der Waals surface area contributed by atoms with Crippen LogP contribution in [0.25, 0.3) is 0 Å². The molecule has 0 saturated carbocycles. The molecule has 1 unspecified atom stereocenters. The number of unbranched alkanes of at least 4 members (excludes halogenated alkanes) is 1. The molecular weight excluding hydrogens is 302 g/mol. The molecule has 1 atom stereocenters. The summed E-state index contributed by atoms with van der Waals surface area (Å²) in [6, 6.07) is 0.301. The van der Waals surface area contributed by atoms with Crippen molar-refractivity contribution < 1.29 is 4.79 Å². The molecule has 2 N–H and O–H groups in total. The van der Waals surface area contributed by atoms with Gasteiger partial charge in [-0.1, -0.05) is 27.7 Å². The average Bonchev–Trinajstić information content (AvgIpc) is 3.04. The van der Waals surface area contributed by atoms with Gasteiger partial charge in [0.15, 0.2) is 5.96 Å². The van der Waals surface area contributed by atoms with Gasteiger partial charge < -0.3 is 20.4 Å². The lowest BCUT2D eigenvalue weighted by atomic mass is 10.2. The van der Waals surface area contributed by atoms with Gasteiger partial charge in [-0.05, 0) is 38.9 Å². The van der Waals surface area contributed by atoms with E-state index in [1.54, 1.807) is 7.05 Å². The van der Waals surface area contributed by atoms with Crippen molar-refractivity contribution in [1.82, 2.24) is 20.4 Å². The summed E-state index contributed by atoms with van der Waals surface area (Å²) in [4.78, 5) is 20.8. The number of aliphatic imine (C=N–C) groups is 1. The van der Waals surface area contributed by atoms with Gasteiger partial charge in [-0.15, -0.1) is 0 Å². The first-order valence-corrected chi connectivity index (χ1v) is 9.50. The highest BCUT2D eigenvalue weighted by molar-refractivity contribution is 5.81. The fourth-order valence-corrected chi connectivity index (χ4v) is 3.04. The maximum absolute atomic E-state index is 12.0. The lowest BCUT2D eigenvalue weighted by molar-refractivity contribution is -0.133.